The number of nitrogens with zero attached hydrogens (tertiary/aromatic N) is 1. The molecule has 1 aromatic rings. The highest BCUT2D eigenvalue weighted by Gasteiger charge is 2.25. The van der Waals surface area contributed by atoms with Crippen molar-refractivity contribution in [3.63, 3.8) is 0 Å². The zero-order valence-corrected chi connectivity index (χ0v) is 13.0. The van der Waals surface area contributed by atoms with Gasteiger partial charge < -0.3 is 15.5 Å². The van der Waals surface area contributed by atoms with Crippen LogP contribution in [0.4, 0.5) is 0 Å². The Balaban J connectivity index is 0.00000220. The second-order valence-electron chi connectivity index (χ2n) is 5.11. The molecular formula is C15H22ClN3O2. The molecule has 0 spiro atoms. The molecule has 0 bridgehead atoms. The number of hydrogen-bond acceptors (Lipinski definition) is 3. The van der Waals surface area contributed by atoms with Crippen LogP contribution >= 0.6 is 12.4 Å². The van der Waals surface area contributed by atoms with Gasteiger partial charge in [0.2, 0.25) is 11.8 Å². The Morgan fingerprint density at radius 1 is 1.33 bits per heavy atom. The summed E-state index contributed by atoms with van der Waals surface area (Å²) < 4.78 is 0. The second-order valence-corrected chi connectivity index (χ2v) is 5.11. The summed E-state index contributed by atoms with van der Waals surface area (Å²) in [6.45, 7) is 1.47. The zero-order valence-electron chi connectivity index (χ0n) is 12.2. The fourth-order valence-corrected chi connectivity index (χ4v) is 2.31. The molecule has 1 aliphatic rings. The molecule has 2 amide bonds. The van der Waals surface area contributed by atoms with Gasteiger partial charge >= 0.3 is 0 Å². The highest BCUT2D eigenvalue weighted by molar-refractivity contribution is 5.87. The minimum absolute atomic E-state index is 0. The maximum absolute atomic E-state index is 12.0. The fraction of sp³-hybridized carbons (Fsp3) is 0.467. The lowest BCUT2D eigenvalue weighted by molar-refractivity contribution is -0.136. The lowest BCUT2D eigenvalue weighted by Crippen LogP contribution is -2.45. The maximum Gasteiger partial charge on any atom is 0.239 e. The summed E-state index contributed by atoms with van der Waals surface area (Å²) in [4.78, 5) is 25.3. The van der Waals surface area contributed by atoms with Gasteiger partial charge in [0.15, 0.2) is 0 Å². The van der Waals surface area contributed by atoms with E-state index in [1.165, 1.54) is 4.90 Å². The highest BCUT2D eigenvalue weighted by Crippen LogP contribution is 2.07. The van der Waals surface area contributed by atoms with Gasteiger partial charge in [-0.1, -0.05) is 30.3 Å². The summed E-state index contributed by atoms with van der Waals surface area (Å²) in [6, 6.07) is 9.59. The topological polar surface area (TPSA) is 61.4 Å². The van der Waals surface area contributed by atoms with E-state index < -0.39 is 0 Å². The van der Waals surface area contributed by atoms with Crippen LogP contribution in [0.25, 0.3) is 0 Å². The molecule has 0 aliphatic carbocycles. The molecular weight excluding hydrogens is 290 g/mol. The molecule has 0 saturated carbocycles. The van der Waals surface area contributed by atoms with Crippen molar-refractivity contribution in [2.45, 2.75) is 25.4 Å². The van der Waals surface area contributed by atoms with Crippen molar-refractivity contribution in [2.24, 2.45) is 0 Å². The summed E-state index contributed by atoms with van der Waals surface area (Å²) in [5.74, 6) is -0.139. The quantitative estimate of drug-likeness (QED) is 0.850. The van der Waals surface area contributed by atoms with Gasteiger partial charge in [-0.05, 0) is 24.9 Å². The van der Waals surface area contributed by atoms with Gasteiger partial charge in [0.05, 0.1) is 12.6 Å². The number of carbonyl (C=O) groups excluding carboxylic acids is 2. The van der Waals surface area contributed by atoms with Crippen LogP contribution in [0.3, 0.4) is 0 Å². The molecule has 5 nitrogen and oxygen atoms in total. The Kier molecular flexibility index (Phi) is 7.19. The monoisotopic (exact) mass is 311 g/mol. The molecule has 1 aliphatic heterocycles. The summed E-state index contributed by atoms with van der Waals surface area (Å²) >= 11 is 0. The van der Waals surface area contributed by atoms with Gasteiger partial charge in [-0.3, -0.25) is 9.59 Å². The molecule has 1 heterocycles. The van der Waals surface area contributed by atoms with E-state index in [-0.39, 0.29) is 36.8 Å². The number of nitrogens with one attached hydrogen (secondary N) is 2. The van der Waals surface area contributed by atoms with Crippen molar-refractivity contribution in [1.29, 1.82) is 0 Å². The maximum atomic E-state index is 12.0. The molecule has 2 rings (SSSR count). The first kappa shape index (κ1) is 17.5. The predicted octanol–water partition coefficient (Wildman–Crippen LogP) is 0.935. The Morgan fingerprint density at radius 2 is 2.05 bits per heavy atom. The van der Waals surface area contributed by atoms with Gasteiger partial charge in [-0.15, -0.1) is 12.4 Å². The van der Waals surface area contributed by atoms with Crippen molar-refractivity contribution >= 4 is 24.2 Å². The third-order valence-electron chi connectivity index (χ3n) is 3.45. The lowest BCUT2D eigenvalue weighted by atomic mass is 10.2. The van der Waals surface area contributed by atoms with E-state index in [0.29, 0.717) is 6.54 Å². The summed E-state index contributed by atoms with van der Waals surface area (Å²) in [5.41, 5.74) is 1.05. The second kappa shape index (κ2) is 8.64. The zero-order chi connectivity index (χ0) is 14.4. The minimum atomic E-state index is -0.136. The number of hydrogen-bond donors (Lipinski definition) is 2. The molecule has 1 aromatic carbocycles. The molecule has 0 radical (unpaired) electrons. The van der Waals surface area contributed by atoms with Crippen LogP contribution in [0.2, 0.25) is 0 Å². The van der Waals surface area contributed by atoms with Gasteiger partial charge in [0, 0.05) is 13.6 Å². The fourth-order valence-electron chi connectivity index (χ4n) is 2.31. The van der Waals surface area contributed by atoms with Gasteiger partial charge in [0.1, 0.15) is 0 Å². The first-order valence-electron chi connectivity index (χ1n) is 6.96. The number of halogens is 1. The van der Waals surface area contributed by atoms with Gasteiger partial charge in [0.25, 0.3) is 0 Å². The largest absolute Gasteiger partial charge is 0.350 e. The molecule has 1 atom stereocenters. The smallest absolute Gasteiger partial charge is 0.239 e. The minimum Gasteiger partial charge on any atom is -0.350 e. The van der Waals surface area contributed by atoms with Crippen molar-refractivity contribution in [1.82, 2.24) is 15.5 Å². The Morgan fingerprint density at radius 3 is 2.67 bits per heavy atom. The van der Waals surface area contributed by atoms with E-state index in [0.717, 1.165) is 24.9 Å². The Bertz CT molecular complexity index is 461. The molecule has 2 N–H and O–H groups in total. The van der Waals surface area contributed by atoms with Gasteiger partial charge in [-0.2, -0.15) is 0 Å². The van der Waals surface area contributed by atoms with Crippen LogP contribution in [0, 0.1) is 0 Å². The lowest BCUT2D eigenvalue weighted by Gasteiger charge is -2.20. The van der Waals surface area contributed by atoms with Crippen molar-refractivity contribution in [3.8, 4) is 0 Å². The molecule has 1 saturated heterocycles. The van der Waals surface area contributed by atoms with Crippen LogP contribution in [0.15, 0.2) is 30.3 Å². The number of benzene rings is 1. The summed E-state index contributed by atoms with van der Waals surface area (Å²) in [7, 11) is 1.67. The van der Waals surface area contributed by atoms with Crippen LogP contribution in [-0.2, 0) is 16.1 Å². The SMILES string of the molecule is CN(CC(=O)NCc1ccccc1)C(=O)C1CCCN1.Cl. The number of carbonyl (C=O) groups is 2. The van der Waals surface area contributed by atoms with E-state index in [1.54, 1.807) is 7.05 Å². The molecule has 0 aromatic heterocycles. The van der Waals surface area contributed by atoms with Crippen LogP contribution in [0.1, 0.15) is 18.4 Å². The number of rotatable bonds is 5. The normalized spacial score (nSPS) is 16.9. The van der Waals surface area contributed by atoms with Crippen molar-refractivity contribution in [3.05, 3.63) is 35.9 Å². The molecule has 6 heteroatoms. The standard InChI is InChI=1S/C15H21N3O2.ClH/c1-18(15(20)13-8-5-9-16-13)11-14(19)17-10-12-6-3-2-4-7-12;/h2-4,6-7,13,16H,5,8-11H2,1H3,(H,17,19);1H. The van der Waals surface area contributed by atoms with E-state index in [1.807, 2.05) is 30.3 Å². The Labute approximate surface area is 131 Å². The van der Waals surface area contributed by atoms with Crippen LogP contribution < -0.4 is 10.6 Å². The molecule has 1 fully saturated rings. The van der Waals surface area contributed by atoms with Crippen molar-refractivity contribution < 1.29 is 9.59 Å². The van der Waals surface area contributed by atoms with E-state index in [9.17, 15) is 9.59 Å². The molecule has 21 heavy (non-hydrogen) atoms. The average molecular weight is 312 g/mol. The first-order valence-corrected chi connectivity index (χ1v) is 6.96. The van der Waals surface area contributed by atoms with Crippen molar-refractivity contribution in [2.75, 3.05) is 20.1 Å². The first-order chi connectivity index (χ1) is 9.66. The predicted molar refractivity (Wildman–Crippen MR) is 84.2 cm³/mol. The number of amides is 2. The van der Waals surface area contributed by atoms with Gasteiger partial charge in [-0.25, -0.2) is 0 Å². The highest BCUT2D eigenvalue weighted by atomic mass is 35.5. The number of likely N-dealkylation sites (N-methyl/N-ethyl adjacent to an activating group) is 1. The molecule has 1 unspecified atom stereocenters. The Hall–Kier alpha value is -1.59. The van der Waals surface area contributed by atoms with Crippen LogP contribution in [-0.4, -0.2) is 42.9 Å². The molecule has 116 valence electrons. The average Bonchev–Trinajstić information content (AvgIpc) is 2.99. The van der Waals surface area contributed by atoms with Crippen LogP contribution in [0.5, 0.6) is 0 Å². The third kappa shape index (κ3) is 5.36. The summed E-state index contributed by atoms with van der Waals surface area (Å²) in [6.07, 6.45) is 1.87. The van der Waals surface area contributed by atoms with E-state index in [2.05, 4.69) is 10.6 Å². The summed E-state index contributed by atoms with van der Waals surface area (Å²) in [5, 5.41) is 5.97. The van der Waals surface area contributed by atoms with E-state index in [4.69, 9.17) is 0 Å². The van der Waals surface area contributed by atoms with E-state index >= 15 is 0 Å². The third-order valence-corrected chi connectivity index (χ3v) is 3.45.